The van der Waals surface area contributed by atoms with Gasteiger partial charge in [0.1, 0.15) is 0 Å². The maximum absolute atomic E-state index is 7.35. The zero-order chi connectivity index (χ0) is 12.1. The molecule has 2 fully saturated rings. The summed E-state index contributed by atoms with van der Waals surface area (Å²) < 4.78 is 0. The van der Waals surface area contributed by atoms with Crippen molar-refractivity contribution in [2.24, 2.45) is 23.7 Å². The molecule has 1 nitrogen and oxygen atoms in total. The minimum Gasteiger partial charge on any atom is -0.313 e. The van der Waals surface area contributed by atoms with Gasteiger partial charge in [-0.05, 0) is 88.2 Å². The second kappa shape index (κ2) is 6.37. The van der Waals surface area contributed by atoms with Crippen molar-refractivity contribution in [3.05, 3.63) is 12.2 Å². The molecule has 0 aromatic carbocycles. The Kier molecular flexibility index (Phi) is 4.82. The third kappa shape index (κ3) is 3.43. The minimum absolute atomic E-state index is 0.602. The van der Waals surface area contributed by atoms with Crippen molar-refractivity contribution in [1.82, 2.24) is 0 Å². The van der Waals surface area contributed by atoms with Crippen LogP contribution in [0.25, 0.3) is 0 Å². The van der Waals surface area contributed by atoms with E-state index >= 15 is 0 Å². The molecule has 0 aliphatic heterocycles. The van der Waals surface area contributed by atoms with E-state index in [0.29, 0.717) is 5.92 Å². The molecule has 1 heteroatoms. The number of hydrogen-bond donors (Lipinski definition) is 1. The predicted molar refractivity (Wildman–Crippen MR) is 74.5 cm³/mol. The molecule has 0 aromatic heterocycles. The smallest absolute Gasteiger partial charge is 0.00167 e. The Labute approximate surface area is 106 Å². The summed E-state index contributed by atoms with van der Waals surface area (Å²) in [5, 5.41) is 7.35. The molecular weight excluding hydrogens is 206 g/mol. The van der Waals surface area contributed by atoms with Gasteiger partial charge in [-0.2, -0.15) is 0 Å². The average Bonchev–Trinajstić information content (AvgIpc) is 2.40. The van der Waals surface area contributed by atoms with Crippen LogP contribution in [0, 0.1) is 29.1 Å². The molecule has 0 aromatic rings. The van der Waals surface area contributed by atoms with E-state index in [1.807, 2.05) is 0 Å². The Morgan fingerprint density at radius 3 is 1.65 bits per heavy atom. The molecule has 2 saturated carbocycles. The topological polar surface area (TPSA) is 23.9 Å². The Bertz CT molecular complexity index is 253. The Morgan fingerprint density at radius 2 is 1.24 bits per heavy atom. The first-order chi connectivity index (χ1) is 8.33. The van der Waals surface area contributed by atoms with Gasteiger partial charge in [0.05, 0.1) is 0 Å². The molecule has 0 bridgehead atoms. The quantitative estimate of drug-likeness (QED) is 0.533. The molecule has 0 unspecified atom stereocenters. The SMILES string of the molecule is CC=CC1CCC(C2CCC(C=N)CC2)CC1. The third-order valence-electron chi connectivity index (χ3n) is 5.00. The Morgan fingerprint density at radius 1 is 0.765 bits per heavy atom. The van der Waals surface area contributed by atoms with Crippen LogP contribution in [-0.4, -0.2) is 6.21 Å². The normalized spacial score (nSPS) is 39.4. The van der Waals surface area contributed by atoms with E-state index in [-0.39, 0.29) is 0 Å². The summed E-state index contributed by atoms with van der Waals surface area (Å²) in [5.74, 6) is 3.46. The molecule has 2 aliphatic carbocycles. The van der Waals surface area contributed by atoms with E-state index in [1.54, 1.807) is 6.21 Å². The van der Waals surface area contributed by atoms with E-state index in [0.717, 1.165) is 17.8 Å². The first-order valence-corrected chi connectivity index (χ1v) is 7.47. The first kappa shape index (κ1) is 12.9. The number of nitrogens with one attached hydrogen (secondary N) is 1. The van der Waals surface area contributed by atoms with Crippen molar-refractivity contribution in [2.45, 2.75) is 58.3 Å². The molecule has 0 heterocycles. The van der Waals surface area contributed by atoms with Crippen LogP contribution in [-0.2, 0) is 0 Å². The van der Waals surface area contributed by atoms with Gasteiger partial charge in [0, 0.05) is 0 Å². The van der Waals surface area contributed by atoms with Gasteiger partial charge in [0.25, 0.3) is 0 Å². The van der Waals surface area contributed by atoms with Gasteiger partial charge in [0.2, 0.25) is 0 Å². The highest BCUT2D eigenvalue weighted by Gasteiger charge is 2.29. The molecule has 0 saturated heterocycles. The van der Waals surface area contributed by atoms with Crippen LogP contribution in [0.1, 0.15) is 58.3 Å². The summed E-state index contributed by atoms with van der Waals surface area (Å²) >= 11 is 0. The second-order valence-electron chi connectivity index (χ2n) is 6.04. The molecule has 0 amide bonds. The fourth-order valence-corrected chi connectivity index (χ4v) is 3.86. The van der Waals surface area contributed by atoms with Crippen LogP contribution >= 0.6 is 0 Å². The second-order valence-corrected chi connectivity index (χ2v) is 6.04. The van der Waals surface area contributed by atoms with Gasteiger partial charge in [-0.3, -0.25) is 0 Å². The average molecular weight is 233 g/mol. The number of hydrogen-bond acceptors (Lipinski definition) is 1. The third-order valence-corrected chi connectivity index (χ3v) is 5.00. The molecule has 0 spiro atoms. The summed E-state index contributed by atoms with van der Waals surface area (Å²) in [6.07, 6.45) is 17.4. The molecule has 2 rings (SSSR count). The van der Waals surface area contributed by atoms with Crippen LogP contribution in [0.4, 0.5) is 0 Å². The molecule has 2 aliphatic rings. The maximum atomic E-state index is 7.35. The highest BCUT2D eigenvalue weighted by Crippen LogP contribution is 2.41. The molecular formula is C16H27N. The lowest BCUT2D eigenvalue weighted by Crippen LogP contribution is -2.25. The van der Waals surface area contributed by atoms with Gasteiger partial charge in [-0.25, -0.2) is 0 Å². The van der Waals surface area contributed by atoms with E-state index < -0.39 is 0 Å². The highest BCUT2D eigenvalue weighted by molar-refractivity contribution is 5.56. The van der Waals surface area contributed by atoms with Crippen molar-refractivity contribution >= 4 is 6.21 Å². The standard InChI is InChI=1S/C16H27N/c1-2-3-13-4-8-15(9-5-13)16-10-6-14(12-17)7-11-16/h2-3,12-17H,4-11H2,1H3. The van der Waals surface area contributed by atoms with Crippen LogP contribution in [0.5, 0.6) is 0 Å². The summed E-state index contributed by atoms with van der Waals surface area (Å²) in [7, 11) is 0. The first-order valence-electron chi connectivity index (χ1n) is 7.47. The molecule has 0 radical (unpaired) electrons. The van der Waals surface area contributed by atoms with Crippen molar-refractivity contribution in [1.29, 1.82) is 5.41 Å². The maximum Gasteiger partial charge on any atom is -0.00167 e. The zero-order valence-corrected chi connectivity index (χ0v) is 11.2. The summed E-state index contributed by atoms with van der Waals surface area (Å²) in [5.41, 5.74) is 0. The Hall–Kier alpha value is -0.590. The highest BCUT2D eigenvalue weighted by atomic mass is 14.4. The molecule has 1 N–H and O–H groups in total. The fraction of sp³-hybridized carbons (Fsp3) is 0.812. The van der Waals surface area contributed by atoms with Crippen molar-refractivity contribution in [3.8, 4) is 0 Å². The van der Waals surface area contributed by atoms with Crippen LogP contribution in [0.3, 0.4) is 0 Å². The fourth-order valence-electron chi connectivity index (χ4n) is 3.86. The summed E-state index contributed by atoms with van der Waals surface area (Å²) in [6, 6.07) is 0. The number of allylic oxidation sites excluding steroid dienone is 2. The minimum atomic E-state index is 0.602. The summed E-state index contributed by atoms with van der Waals surface area (Å²) in [4.78, 5) is 0. The predicted octanol–water partition coefficient (Wildman–Crippen LogP) is 4.82. The molecule has 17 heavy (non-hydrogen) atoms. The van der Waals surface area contributed by atoms with Gasteiger partial charge in [0.15, 0.2) is 0 Å². The zero-order valence-electron chi connectivity index (χ0n) is 11.2. The molecule has 96 valence electrons. The van der Waals surface area contributed by atoms with Crippen molar-refractivity contribution in [2.75, 3.05) is 0 Å². The van der Waals surface area contributed by atoms with Crippen molar-refractivity contribution < 1.29 is 0 Å². The van der Waals surface area contributed by atoms with E-state index in [4.69, 9.17) is 5.41 Å². The van der Waals surface area contributed by atoms with Gasteiger partial charge in [-0.15, -0.1) is 0 Å². The molecule has 0 atom stereocenters. The van der Waals surface area contributed by atoms with Crippen LogP contribution < -0.4 is 0 Å². The van der Waals surface area contributed by atoms with E-state index in [1.165, 1.54) is 51.4 Å². The largest absolute Gasteiger partial charge is 0.313 e. The van der Waals surface area contributed by atoms with Gasteiger partial charge < -0.3 is 5.41 Å². The van der Waals surface area contributed by atoms with Crippen LogP contribution in [0.15, 0.2) is 12.2 Å². The van der Waals surface area contributed by atoms with Gasteiger partial charge >= 0.3 is 0 Å². The van der Waals surface area contributed by atoms with E-state index in [2.05, 4.69) is 19.1 Å². The Balaban J connectivity index is 1.76. The lowest BCUT2D eigenvalue weighted by molar-refractivity contribution is 0.170. The lowest BCUT2D eigenvalue weighted by Gasteiger charge is -2.36. The lowest BCUT2D eigenvalue weighted by atomic mass is 9.69. The monoisotopic (exact) mass is 233 g/mol. The summed E-state index contributed by atoms with van der Waals surface area (Å²) in [6.45, 7) is 2.14. The van der Waals surface area contributed by atoms with Gasteiger partial charge in [-0.1, -0.05) is 12.2 Å². The van der Waals surface area contributed by atoms with Crippen molar-refractivity contribution in [3.63, 3.8) is 0 Å². The van der Waals surface area contributed by atoms with E-state index in [9.17, 15) is 0 Å². The van der Waals surface area contributed by atoms with Crippen LogP contribution in [0.2, 0.25) is 0 Å². The number of rotatable bonds is 3.